The second-order valence-corrected chi connectivity index (χ2v) is 5.20. The molecule has 2 rings (SSSR count). The Labute approximate surface area is 111 Å². The fraction of sp³-hybridized carbons (Fsp3) is 0.231. The van der Waals surface area contributed by atoms with Crippen LogP contribution in [0.1, 0.15) is 16.7 Å². The van der Waals surface area contributed by atoms with Crippen LogP contribution >= 0.6 is 23.5 Å². The van der Waals surface area contributed by atoms with Crippen molar-refractivity contribution < 1.29 is 0 Å². The van der Waals surface area contributed by atoms with Crippen LogP contribution in [0.5, 0.6) is 0 Å². The number of nitrogens with one attached hydrogen (secondary N) is 2. The van der Waals surface area contributed by atoms with Crippen LogP contribution in [0.4, 0.5) is 0 Å². The second-order valence-electron chi connectivity index (χ2n) is 3.90. The third kappa shape index (κ3) is 3.80. The first kappa shape index (κ1) is 12.6. The predicted molar refractivity (Wildman–Crippen MR) is 75.1 cm³/mol. The number of halogens is 1. The molecule has 0 radical (unpaired) electrons. The number of hydrogen-bond acceptors (Lipinski definition) is 2. The van der Waals surface area contributed by atoms with Gasteiger partial charge in [-0.15, -0.1) is 0 Å². The van der Waals surface area contributed by atoms with Crippen LogP contribution in [-0.4, -0.2) is 4.98 Å². The maximum atomic E-state index is 5.92. The van der Waals surface area contributed by atoms with Gasteiger partial charge in [0.15, 0.2) is 0 Å². The van der Waals surface area contributed by atoms with Crippen molar-refractivity contribution in [2.45, 2.75) is 19.2 Å². The first-order valence-corrected chi connectivity index (χ1v) is 6.83. The lowest BCUT2D eigenvalue weighted by Gasteiger charge is -2.07. The van der Waals surface area contributed by atoms with Crippen molar-refractivity contribution in [2.75, 3.05) is 0 Å². The van der Waals surface area contributed by atoms with Crippen LogP contribution in [0, 0.1) is 6.92 Å². The van der Waals surface area contributed by atoms with Crippen molar-refractivity contribution in [3.05, 3.63) is 58.4 Å². The van der Waals surface area contributed by atoms with Gasteiger partial charge in [-0.2, -0.15) is 0 Å². The lowest BCUT2D eigenvalue weighted by atomic mass is 10.1. The van der Waals surface area contributed by atoms with E-state index >= 15 is 0 Å². The SMILES string of the molecule is Cc1cc(Cl)ccc1CNSCc1cc[nH]c1. The molecule has 0 aliphatic rings. The monoisotopic (exact) mass is 266 g/mol. The number of rotatable bonds is 5. The third-order valence-corrected chi connectivity index (χ3v) is 3.63. The standard InChI is InChI=1S/C13H15ClN2S/c1-10-6-13(14)3-2-12(10)8-16-17-9-11-4-5-15-7-11/h2-7,15-16H,8-9H2,1H3. The zero-order valence-corrected chi connectivity index (χ0v) is 11.2. The molecule has 1 aromatic carbocycles. The Morgan fingerprint density at radius 1 is 1.35 bits per heavy atom. The lowest BCUT2D eigenvalue weighted by molar-refractivity contribution is 0.961. The van der Waals surface area contributed by atoms with Crippen molar-refractivity contribution in [1.29, 1.82) is 0 Å². The van der Waals surface area contributed by atoms with Gasteiger partial charge < -0.3 is 4.98 Å². The Morgan fingerprint density at radius 3 is 2.94 bits per heavy atom. The maximum Gasteiger partial charge on any atom is 0.0408 e. The number of hydrogen-bond donors (Lipinski definition) is 2. The molecule has 0 aliphatic heterocycles. The largest absolute Gasteiger partial charge is 0.367 e. The van der Waals surface area contributed by atoms with Crippen LogP contribution < -0.4 is 4.72 Å². The Balaban J connectivity index is 1.78. The van der Waals surface area contributed by atoms with Crippen molar-refractivity contribution in [2.24, 2.45) is 0 Å². The highest BCUT2D eigenvalue weighted by Crippen LogP contribution is 2.16. The van der Waals surface area contributed by atoms with Gasteiger partial charge >= 0.3 is 0 Å². The minimum Gasteiger partial charge on any atom is -0.367 e. The summed E-state index contributed by atoms with van der Waals surface area (Å²) in [5.41, 5.74) is 3.82. The molecule has 17 heavy (non-hydrogen) atoms. The Hall–Kier alpha value is -0.900. The van der Waals surface area contributed by atoms with E-state index in [1.807, 2.05) is 24.5 Å². The molecule has 0 unspecified atom stereocenters. The molecular weight excluding hydrogens is 252 g/mol. The molecule has 1 heterocycles. The number of aromatic amines is 1. The molecule has 4 heteroatoms. The zero-order valence-electron chi connectivity index (χ0n) is 9.66. The molecule has 0 aliphatic carbocycles. The molecule has 0 atom stereocenters. The van der Waals surface area contributed by atoms with Gasteiger partial charge in [0.05, 0.1) is 0 Å². The first-order valence-electron chi connectivity index (χ1n) is 5.47. The van der Waals surface area contributed by atoms with E-state index in [0.29, 0.717) is 0 Å². The minimum atomic E-state index is 0.797. The number of H-pyrrole nitrogens is 1. The van der Waals surface area contributed by atoms with Crippen LogP contribution in [0.3, 0.4) is 0 Å². The fourth-order valence-electron chi connectivity index (χ4n) is 1.57. The van der Waals surface area contributed by atoms with Crippen LogP contribution in [-0.2, 0) is 12.3 Å². The van der Waals surface area contributed by atoms with Crippen LogP contribution in [0.25, 0.3) is 0 Å². The summed E-state index contributed by atoms with van der Waals surface area (Å²) in [5, 5.41) is 0.797. The van der Waals surface area contributed by atoms with Gasteiger partial charge in [0.25, 0.3) is 0 Å². The van der Waals surface area contributed by atoms with E-state index in [1.165, 1.54) is 16.7 Å². The molecule has 2 aromatic rings. The lowest BCUT2D eigenvalue weighted by Crippen LogP contribution is -2.05. The van der Waals surface area contributed by atoms with Crippen molar-refractivity contribution >= 4 is 23.5 Å². The van der Waals surface area contributed by atoms with Gasteiger partial charge in [-0.05, 0) is 41.8 Å². The number of aryl methyl sites for hydroxylation is 1. The fourth-order valence-corrected chi connectivity index (χ4v) is 2.50. The van der Waals surface area contributed by atoms with Gasteiger partial charge in [0, 0.05) is 29.7 Å². The molecule has 0 spiro atoms. The normalized spacial score (nSPS) is 10.7. The van der Waals surface area contributed by atoms with Crippen molar-refractivity contribution in [3.8, 4) is 0 Å². The summed E-state index contributed by atoms with van der Waals surface area (Å²) in [6, 6.07) is 8.08. The quantitative estimate of drug-likeness (QED) is 0.634. The van der Waals surface area contributed by atoms with Gasteiger partial charge in [-0.25, -0.2) is 0 Å². The summed E-state index contributed by atoms with van der Waals surface area (Å²) in [7, 11) is 0. The third-order valence-electron chi connectivity index (χ3n) is 2.57. The molecule has 0 saturated carbocycles. The Kier molecular flexibility index (Phi) is 4.54. The van der Waals surface area contributed by atoms with Crippen molar-refractivity contribution in [3.63, 3.8) is 0 Å². The first-order chi connectivity index (χ1) is 8.25. The van der Waals surface area contributed by atoms with Gasteiger partial charge in [-0.1, -0.05) is 29.6 Å². The second kappa shape index (κ2) is 6.15. The van der Waals surface area contributed by atoms with Crippen molar-refractivity contribution in [1.82, 2.24) is 9.71 Å². The molecular formula is C13H15ClN2S. The molecule has 1 aromatic heterocycles. The Morgan fingerprint density at radius 2 is 2.24 bits per heavy atom. The average molecular weight is 267 g/mol. The predicted octanol–water partition coefficient (Wildman–Crippen LogP) is 3.91. The number of aromatic nitrogens is 1. The van der Waals surface area contributed by atoms with E-state index in [4.69, 9.17) is 11.6 Å². The van der Waals surface area contributed by atoms with E-state index in [0.717, 1.165) is 17.3 Å². The highest BCUT2D eigenvalue weighted by atomic mass is 35.5. The van der Waals surface area contributed by atoms with E-state index in [-0.39, 0.29) is 0 Å². The van der Waals surface area contributed by atoms with E-state index in [1.54, 1.807) is 11.9 Å². The summed E-state index contributed by atoms with van der Waals surface area (Å²) in [5.74, 6) is 0.968. The average Bonchev–Trinajstić information content (AvgIpc) is 2.79. The van der Waals surface area contributed by atoms with Gasteiger partial charge in [0.2, 0.25) is 0 Å². The molecule has 0 amide bonds. The maximum absolute atomic E-state index is 5.92. The van der Waals surface area contributed by atoms with E-state index < -0.39 is 0 Å². The summed E-state index contributed by atoms with van der Waals surface area (Å²) in [4.78, 5) is 3.05. The van der Waals surface area contributed by atoms with Crippen LogP contribution in [0.2, 0.25) is 5.02 Å². The van der Waals surface area contributed by atoms with Gasteiger partial charge in [0.1, 0.15) is 0 Å². The summed E-state index contributed by atoms with van der Waals surface area (Å²) >= 11 is 7.63. The molecule has 2 N–H and O–H groups in total. The highest BCUT2D eigenvalue weighted by molar-refractivity contribution is 7.96. The Bertz CT molecular complexity index is 468. The molecule has 0 bridgehead atoms. The summed E-state index contributed by atoms with van der Waals surface area (Å²) < 4.78 is 3.36. The molecule has 0 saturated heterocycles. The highest BCUT2D eigenvalue weighted by Gasteiger charge is 1.99. The van der Waals surface area contributed by atoms with Crippen LogP contribution in [0.15, 0.2) is 36.7 Å². The zero-order chi connectivity index (χ0) is 12.1. The summed E-state index contributed by atoms with van der Waals surface area (Å²) in [6.07, 6.45) is 3.96. The van der Waals surface area contributed by atoms with E-state index in [2.05, 4.69) is 28.8 Å². The minimum absolute atomic E-state index is 0.797. The molecule has 90 valence electrons. The number of benzene rings is 1. The smallest absolute Gasteiger partial charge is 0.0408 e. The van der Waals surface area contributed by atoms with Gasteiger partial charge in [-0.3, -0.25) is 4.72 Å². The molecule has 2 nitrogen and oxygen atoms in total. The topological polar surface area (TPSA) is 27.8 Å². The molecule has 0 fully saturated rings. The summed E-state index contributed by atoms with van der Waals surface area (Å²) in [6.45, 7) is 2.94. The van der Waals surface area contributed by atoms with E-state index in [9.17, 15) is 0 Å².